The zero-order chi connectivity index (χ0) is 13.7. The third-order valence-electron chi connectivity index (χ3n) is 3.54. The standard InChI is InChI=1S/C15H17NO.C2H6/c17-11-12-3-4-14-10-15(6-5-13(14)9-12)16-7-1-2-8-16;1-2/h3-6,9-10,17H,1-2,7-8,11H2;1-2H3. The van der Waals surface area contributed by atoms with Crippen LogP contribution in [0, 0.1) is 0 Å². The minimum atomic E-state index is 0.115. The molecule has 0 aromatic heterocycles. The van der Waals surface area contributed by atoms with Crippen molar-refractivity contribution in [2.24, 2.45) is 0 Å². The summed E-state index contributed by atoms with van der Waals surface area (Å²) in [6.07, 6.45) is 2.61. The van der Waals surface area contributed by atoms with Gasteiger partial charge in [0, 0.05) is 18.8 Å². The SMILES string of the molecule is CC.OCc1ccc2cc(N3CCCC3)ccc2c1. The molecule has 2 aromatic carbocycles. The Labute approximate surface area is 115 Å². The summed E-state index contributed by atoms with van der Waals surface area (Å²) >= 11 is 0. The molecule has 0 spiro atoms. The second-order valence-corrected chi connectivity index (χ2v) is 4.72. The van der Waals surface area contributed by atoms with Crippen LogP contribution < -0.4 is 4.90 Å². The van der Waals surface area contributed by atoms with Gasteiger partial charge in [0.1, 0.15) is 0 Å². The molecule has 19 heavy (non-hydrogen) atoms. The topological polar surface area (TPSA) is 23.5 Å². The normalized spacial score (nSPS) is 14.4. The molecule has 1 fully saturated rings. The van der Waals surface area contributed by atoms with Crippen LogP contribution >= 0.6 is 0 Å². The first kappa shape index (κ1) is 13.9. The highest BCUT2D eigenvalue weighted by atomic mass is 16.3. The van der Waals surface area contributed by atoms with Crippen LogP contribution in [0.25, 0.3) is 10.8 Å². The zero-order valence-corrected chi connectivity index (χ0v) is 11.9. The molecule has 1 aliphatic heterocycles. The van der Waals surface area contributed by atoms with E-state index >= 15 is 0 Å². The first-order chi connectivity index (χ1) is 9.36. The number of anilines is 1. The van der Waals surface area contributed by atoms with Crippen molar-refractivity contribution < 1.29 is 5.11 Å². The van der Waals surface area contributed by atoms with Gasteiger partial charge in [-0.2, -0.15) is 0 Å². The Morgan fingerprint density at radius 3 is 2.26 bits per heavy atom. The summed E-state index contributed by atoms with van der Waals surface area (Å²) in [6.45, 7) is 6.48. The maximum absolute atomic E-state index is 9.12. The van der Waals surface area contributed by atoms with Crippen LogP contribution in [0.4, 0.5) is 5.69 Å². The molecular formula is C17H23NO. The molecule has 102 valence electrons. The average Bonchev–Trinajstić information content (AvgIpc) is 3.02. The van der Waals surface area contributed by atoms with Crippen molar-refractivity contribution in [2.75, 3.05) is 18.0 Å². The second-order valence-electron chi connectivity index (χ2n) is 4.72. The number of rotatable bonds is 2. The third kappa shape index (κ3) is 3.07. The maximum Gasteiger partial charge on any atom is 0.0682 e. The molecular weight excluding hydrogens is 234 g/mol. The molecule has 0 aliphatic carbocycles. The van der Waals surface area contributed by atoms with Gasteiger partial charge in [0.05, 0.1) is 6.61 Å². The number of nitrogens with zero attached hydrogens (tertiary/aromatic N) is 1. The van der Waals surface area contributed by atoms with Crippen molar-refractivity contribution in [1.29, 1.82) is 0 Å². The molecule has 2 aromatic rings. The van der Waals surface area contributed by atoms with Gasteiger partial charge in [-0.3, -0.25) is 0 Å². The summed E-state index contributed by atoms with van der Waals surface area (Å²) in [5.41, 5.74) is 2.30. The smallest absolute Gasteiger partial charge is 0.0682 e. The molecule has 0 bridgehead atoms. The van der Waals surface area contributed by atoms with Gasteiger partial charge in [-0.15, -0.1) is 0 Å². The molecule has 0 amide bonds. The minimum absolute atomic E-state index is 0.115. The van der Waals surface area contributed by atoms with Gasteiger partial charge < -0.3 is 10.0 Å². The lowest BCUT2D eigenvalue weighted by Crippen LogP contribution is -2.17. The molecule has 0 saturated carbocycles. The molecule has 0 radical (unpaired) electrons. The van der Waals surface area contributed by atoms with Crippen molar-refractivity contribution in [3.05, 3.63) is 42.0 Å². The van der Waals surface area contributed by atoms with E-state index in [0.717, 1.165) is 5.56 Å². The number of benzene rings is 2. The predicted octanol–water partition coefficient (Wildman–Crippen LogP) is 3.96. The Morgan fingerprint density at radius 2 is 1.58 bits per heavy atom. The van der Waals surface area contributed by atoms with Crippen LogP contribution in [0.2, 0.25) is 0 Å². The van der Waals surface area contributed by atoms with Crippen LogP contribution in [0.15, 0.2) is 36.4 Å². The number of fused-ring (bicyclic) bond motifs is 1. The number of hydrogen-bond acceptors (Lipinski definition) is 2. The minimum Gasteiger partial charge on any atom is -0.392 e. The molecule has 2 nitrogen and oxygen atoms in total. The van der Waals surface area contributed by atoms with E-state index < -0.39 is 0 Å². The molecule has 2 heteroatoms. The summed E-state index contributed by atoms with van der Waals surface area (Å²) < 4.78 is 0. The summed E-state index contributed by atoms with van der Waals surface area (Å²) in [6, 6.07) is 12.7. The van der Waals surface area contributed by atoms with Gasteiger partial charge in [-0.05, 0) is 47.4 Å². The first-order valence-corrected chi connectivity index (χ1v) is 7.25. The summed E-state index contributed by atoms with van der Waals surface area (Å²) in [4.78, 5) is 2.44. The molecule has 1 saturated heterocycles. The van der Waals surface area contributed by atoms with Gasteiger partial charge in [0.25, 0.3) is 0 Å². The molecule has 3 rings (SSSR count). The molecule has 1 aliphatic rings. The maximum atomic E-state index is 9.12. The number of aliphatic hydroxyl groups excluding tert-OH is 1. The van der Waals surface area contributed by atoms with E-state index in [9.17, 15) is 0 Å². The van der Waals surface area contributed by atoms with E-state index in [2.05, 4.69) is 35.2 Å². The zero-order valence-electron chi connectivity index (χ0n) is 11.9. The Balaban J connectivity index is 0.000000637. The fourth-order valence-corrected chi connectivity index (χ4v) is 2.55. The van der Waals surface area contributed by atoms with Gasteiger partial charge in [-0.25, -0.2) is 0 Å². The summed E-state index contributed by atoms with van der Waals surface area (Å²) in [5.74, 6) is 0. The number of hydrogen-bond donors (Lipinski definition) is 1. The van der Waals surface area contributed by atoms with Gasteiger partial charge in [0.2, 0.25) is 0 Å². The molecule has 1 N–H and O–H groups in total. The van der Waals surface area contributed by atoms with E-state index in [4.69, 9.17) is 5.11 Å². The fourth-order valence-electron chi connectivity index (χ4n) is 2.55. The average molecular weight is 257 g/mol. The van der Waals surface area contributed by atoms with Crippen LogP contribution in [0.5, 0.6) is 0 Å². The molecule has 1 heterocycles. The van der Waals surface area contributed by atoms with Crippen molar-refractivity contribution >= 4 is 16.5 Å². The number of aliphatic hydroxyl groups is 1. The Kier molecular flexibility index (Phi) is 4.80. The van der Waals surface area contributed by atoms with Crippen molar-refractivity contribution in [3.63, 3.8) is 0 Å². The van der Waals surface area contributed by atoms with E-state index in [1.165, 1.54) is 42.4 Å². The van der Waals surface area contributed by atoms with Crippen molar-refractivity contribution in [1.82, 2.24) is 0 Å². The Hall–Kier alpha value is -1.54. The van der Waals surface area contributed by atoms with E-state index in [-0.39, 0.29) is 6.61 Å². The molecule has 0 unspecified atom stereocenters. The summed E-state index contributed by atoms with van der Waals surface area (Å²) in [5, 5.41) is 11.6. The lowest BCUT2D eigenvalue weighted by Gasteiger charge is -2.18. The van der Waals surface area contributed by atoms with Crippen molar-refractivity contribution in [3.8, 4) is 0 Å². The Morgan fingerprint density at radius 1 is 0.947 bits per heavy atom. The van der Waals surface area contributed by atoms with Gasteiger partial charge in [0.15, 0.2) is 0 Å². The third-order valence-corrected chi connectivity index (χ3v) is 3.54. The van der Waals surface area contributed by atoms with Crippen LogP contribution in [0.1, 0.15) is 32.3 Å². The van der Waals surface area contributed by atoms with E-state index in [0.29, 0.717) is 0 Å². The monoisotopic (exact) mass is 257 g/mol. The van der Waals surface area contributed by atoms with Crippen LogP contribution in [0.3, 0.4) is 0 Å². The van der Waals surface area contributed by atoms with Gasteiger partial charge in [-0.1, -0.05) is 32.0 Å². The fraction of sp³-hybridized carbons (Fsp3) is 0.412. The second kappa shape index (κ2) is 6.58. The quantitative estimate of drug-likeness (QED) is 0.880. The lowest BCUT2D eigenvalue weighted by molar-refractivity contribution is 0.282. The highest BCUT2D eigenvalue weighted by Crippen LogP contribution is 2.25. The van der Waals surface area contributed by atoms with Gasteiger partial charge >= 0.3 is 0 Å². The van der Waals surface area contributed by atoms with Crippen LogP contribution in [-0.2, 0) is 6.61 Å². The lowest BCUT2D eigenvalue weighted by atomic mass is 10.1. The highest BCUT2D eigenvalue weighted by Gasteiger charge is 2.12. The first-order valence-electron chi connectivity index (χ1n) is 7.25. The summed E-state index contributed by atoms with van der Waals surface area (Å²) in [7, 11) is 0. The Bertz CT molecular complexity index is 530. The highest BCUT2D eigenvalue weighted by molar-refractivity contribution is 5.86. The largest absolute Gasteiger partial charge is 0.392 e. The predicted molar refractivity (Wildman–Crippen MR) is 82.7 cm³/mol. The van der Waals surface area contributed by atoms with E-state index in [1.54, 1.807) is 0 Å². The van der Waals surface area contributed by atoms with E-state index in [1.807, 2.05) is 19.9 Å². The van der Waals surface area contributed by atoms with Crippen LogP contribution in [-0.4, -0.2) is 18.2 Å². The van der Waals surface area contributed by atoms with Crippen molar-refractivity contribution in [2.45, 2.75) is 33.3 Å². The molecule has 0 atom stereocenters.